The van der Waals surface area contributed by atoms with Crippen LogP contribution in [0.5, 0.6) is 0 Å². The maximum Gasteiger partial charge on any atom is 0.0989 e. The fourth-order valence-electron chi connectivity index (χ4n) is 1.13. The zero-order valence-electron chi connectivity index (χ0n) is 7.27. The second-order valence-corrected chi connectivity index (χ2v) is 4.92. The Hall–Kier alpha value is -0.370. The summed E-state index contributed by atoms with van der Waals surface area (Å²) in [5, 5.41) is 1.35. The second kappa shape index (κ2) is 2.07. The summed E-state index contributed by atoms with van der Waals surface area (Å²) in [6.07, 6.45) is 2.67. The van der Waals surface area contributed by atoms with E-state index in [0.717, 1.165) is 0 Å². The summed E-state index contributed by atoms with van der Waals surface area (Å²) in [5.41, 5.74) is 1.68. The summed E-state index contributed by atoms with van der Waals surface area (Å²) in [6, 6.07) is 0. The van der Waals surface area contributed by atoms with Gasteiger partial charge < -0.3 is 0 Å². The topological polar surface area (TPSA) is 12.9 Å². The molecule has 60 valence electrons. The van der Waals surface area contributed by atoms with Crippen molar-refractivity contribution in [2.45, 2.75) is 39.0 Å². The van der Waals surface area contributed by atoms with Gasteiger partial charge in [-0.2, -0.15) is 0 Å². The molecule has 2 heteroatoms. The number of aryl methyl sites for hydroxylation is 2. The Balaban J connectivity index is 2.39. The Kier molecular flexibility index (Phi) is 1.37. The number of thiazole rings is 1. The van der Waals surface area contributed by atoms with Crippen molar-refractivity contribution in [1.29, 1.82) is 0 Å². The molecule has 0 N–H and O–H groups in total. The smallest absolute Gasteiger partial charge is 0.0989 e. The molecule has 1 nitrogen and oxygen atoms in total. The van der Waals surface area contributed by atoms with E-state index >= 15 is 0 Å². The average molecular weight is 167 g/mol. The van der Waals surface area contributed by atoms with Gasteiger partial charge in [0.15, 0.2) is 0 Å². The molecule has 1 heterocycles. The highest BCUT2D eigenvalue weighted by atomic mass is 32.1. The van der Waals surface area contributed by atoms with Crippen molar-refractivity contribution in [2.75, 3.05) is 0 Å². The van der Waals surface area contributed by atoms with Crippen molar-refractivity contribution in [3.05, 3.63) is 15.6 Å². The molecule has 0 atom stereocenters. The Morgan fingerprint density at radius 1 is 1.36 bits per heavy atom. The van der Waals surface area contributed by atoms with E-state index in [9.17, 15) is 0 Å². The molecule has 1 aromatic heterocycles. The van der Waals surface area contributed by atoms with Gasteiger partial charge in [-0.05, 0) is 26.7 Å². The summed E-state index contributed by atoms with van der Waals surface area (Å²) in [4.78, 5) is 5.95. The van der Waals surface area contributed by atoms with Gasteiger partial charge in [-0.1, -0.05) is 6.92 Å². The van der Waals surface area contributed by atoms with E-state index in [2.05, 4.69) is 25.8 Å². The van der Waals surface area contributed by atoms with Crippen LogP contribution in [-0.4, -0.2) is 4.98 Å². The number of hydrogen-bond donors (Lipinski definition) is 0. The third kappa shape index (κ3) is 1.09. The van der Waals surface area contributed by atoms with Crippen LogP contribution >= 0.6 is 11.3 Å². The number of aromatic nitrogens is 1. The Morgan fingerprint density at radius 3 is 2.36 bits per heavy atom. The van der Waals surface area contributed by atoms with E-state index in [0.29, 0.717) is 5.41 Å². The van der Waals surface area contributed by atoms with Gasteiger partial charge in [0, 0.05) is 10.3 Å². The molecule has 0 aromatic carbocycles. The first kappa shape index (κ1) is 7.29. The molecule has 0 amide bonds. The van der Waals surface area contributed by atoms with Crippen LogP contribution in [0, 0.1) is 13.8 Å². The van der Waals surface area contributed by atoms with E-state index in [4.69, 9.17) is 0 Å². The van der Waals surface area contributed by atoms with Crippen molar-refractivity contribution in [3.8, 4) is 0 Å². The van der Waals surface area contributed by atoms with Crippen LogP contribution in [0.2, 0.25) is 0 Å². The first-order chi connectivity index (χ1) is 5.12. The number of hydrogen-bond acceptors (Lipinski definition) is 2. The van der Waals surface area contributed by atoms with Crippen molar-refractivity contribution >= 4 is 11.3 Å². The summed E-state index contributed by atoms with van der Waals surface area (Å²) in [5.74, 6) is 0. The highest BCUT2D eigenvalue weighted by Gasteiger charge is 2.41. The molecule has 1 saturated carbocycles. The van der Waals surface area contributed by atoms with Crippen LogP contribution in [0.15, 0.2) is 0 Å². The summed E-state index contributed by atoms with van der Waals surface area (Å²) < 4.78 is 0. The lowest BCUT2D eigenvalue weighted by molar-refractivity contribution is 0.773. The number of rotatable bonds is 1. The third-order valence-electron chi connectivity index (χ3n) is 2.54. The predicted molar refractivity (Wildman–Crippen MR) is 48.2 cm³/mol. The van der Waals surface area contributed by atoms with Crippen LogP contribution in [-0.2, 0) is 5.41 Å². The zero-order chi connectivity index (χ0) is 8.06. The fraction of sp³-hybridized carbons (Fsp3) is 0.667. The zero-order valence-corrected chi connectivity index (χ0v) is 8.09. The van der Waals surface area contributed by atoms with E-state index in [1.54, 1.807) is 0 Å². The Bertz CT molecular complexity index is 264. The lowest BCUT2D eigenvalue weighted by Crippen LogP contribution is -1.97. The van der Waals surface area contributed by atoms with Crippen LogP contribution < -0.4 is 0 Å². The first-order valence-corrected chi connectivity index (χ1v) is 4.88. The van der Waals surface area contributed by atoms with E-state index in [1.807, 2.05) is 11.3 Å². The maximum atomic E-state index is 4.56. The van der Waals surface area contributed by atoms with E-state index < -0.39 is 0 Å². The maximum absolute atomic E-state index is 4.56. The van der Waals surface area contributed by atoms with Gasteiger partial charge in [-0.15, -0.1) is 11.3 Å². The quantitative estimate of drug-likeness (QED) is 0.626. The summed E-state index contributed by atoms with van der Waals surface area (Å²) in [7, 11) is 0. The van der Waals surface area contributed by atoms with Crippen LogP contribution in [0.4, 0.5) is 0 Å². The minimum atomic E-state index is 0.462. The molecule has 0 unspecified atom stereocenters. The van der Waals surface area contributed by atoms with Crippen molar-refractivity contribution < 1.29 is 0 Å². The van der Waals surface area contributed by atoms with E-state index in [-0.39, 0.29) is 0 Å². The molecule has 11 heavy (non-hydrogen) atoms. The highest BCUT2D eigenvalue weighted by Crippen LogP contribution is 2.49. The summed E-state index contributed by atoms with van der Waals surface area (Å²) >= 11 is 1.87. The van der Waals surface area contributed by atoms with Gasteiger partial charge in [-0.25, -0.2) is 4.98 Å². The van der Waals surface area contributed by atoms with Gasteiger partial charge in [0.1, 0.15) is 0 Å². The standard InChI is InChI=1S/C9H13NS/c1-6-7(2)11-8(10-6)9(3)4-5-9/h4-5H2,1-3H3. The molecule has 1 aliphatic carbocycles. The normalized spacial score (nSPS) is 20.3. The average Bonchev–Trinajstić information content (AvgIpc) is 2.59. The van der Waals surface area contributed by atoms with Crippen LogP contribution in [0.3, 0.4) is 0 Å². The molecule has 1 aromatic rings. The second-order valence-electron chi connectivity index (χ2n) is 3.72. The van der Waals surface area contributed by atoms with Gasteiger partial charge >= 0.3 is 0 Å². The molecule has 0 radical (unpaired) electrons. The SMILES string of the molecule is Cc1nc(C2(C)CC2)sc1C. The first-order valence-electron chi connectivity index (χ1n) is 4.06. The molecule has 1 fully saturated rings. The largest absolute Gasteiger partial charge is 0.246 e. The minimum absolute atomic E-state index is 0.462. The fourth-order valence-corrected chi connectivity index (χ4v) is 2.25. The lowest BCUT2D eigenvalue weighted by atomic mass is 10.2. The Morgan fingerprint density at radius 2 is 2.00 bits per heavy atom. The molecule has 0 aliphatic heterocycles. The molecule has 0 bridgehead atoms. The molecule has 0 saturated heterocycles. The Labute approximate surface area is 71.5 Å². The van der Waals surface area contributed by atoms with Gasteiger partial charge in [0.25, 0.3) is 0 Å². The van der Waals surface area contributed by atoms with E-state index in [1.165, 1.54) is 28.4 Å². The molecular weight excluding hydrogens is 154 g/mol. The molecular formula is C9H13NS. The van der Waals surface area contributed by atoms with Crippen LogP contribution in [0.1, 0.15) is 35.3 Å². The summed E-state index contributed by atoms with van der Waals surface area (Å²) in [6.45, 7) is 6.56. The highest BCUT2D eigenvalue weighted by molar-refractivity contribution is 7.11. The number of nitrogens with zero attached hydrogens (tertiary/aromatic N) is 1. The lowest BCUT2D eigenvalue weighted by Gasteiger charge is -1.99. The third-order valence-corrected chi connectivity index (χ3v) is 3.92. The van der Waals surface area contributed by atoms with Gasteiger partial charge in [0.05, 0.1) is 10.7 Å². The van der Waals surface area contributed by atoms with Gasteiger partial charge in [0.2, 0.25) is 0 Å². The van der Waals surface area contributed by atoms with Crippen molar-refractivity contribution in [1.82, 2.24) is 4.98 Å². The molecule has 2 rings (SSSR count). The van der Waals surface area contributed by atoms with Crippen LogP contribution in [0.25, 0.3) is 0 Å². The monoisotopic (exact) mass is 167 g/mol. The molecule has 0 spiro atoms. The van der Waals surface area contributed by atoms with Gasteiger partial charge in [-0.3, -0.25) is 0 Å². The van der Waals surface area contributed by atoms with Crippen molar-refractivity contribution in [3.63, 3.8) is 0 Å². The minimum Gasteiger partial charge on any atom is -0.246 e. The van der Waals surface area contributed by atoms with Crippen molar-refractivity contribution in [2.24, 2.45) is 0 Å². The predicted octanol–water partition coefficient (Wildman–Crippen LogP) is 2.81. The molecule has 1 aliphatic rings.